The van der Waals surface area contributed by atoms with Crippen LogP contribution >= 0.6 is 0 Å². The molecule has 0 saturated heterocycles. The summed E-state index contributed by atoms with van der Waals surface area (Å²) >= 11 is 0. The Morgan fingerprint density at radius 1 is 1.50 bits per heavy atom. The fourth-order valence-corrected chi connectivity index (χ4v) is 3.08. The maximum Gasteiger partial charge on any atom is 0.257 e. The average molecular weight is 243 g/mol. The molecular formula is C10H17N3O2S. The van der Waals surface area contributed by atoms with E-state index in [9.17, 15) is 8.42 Å². The molecule has 0 aliphatic heterocycles. The lowest BCUT2D eigenvalue weighted by Gasteiger charge is -2.08. The van der Waals surface area contributed by atoms with Crippen LogP contribution in [-0.2, 0) is 17.1 Å². The number of aromatic nitrogens is 2. The van der Waals surface area contributed by atoms with Crippen molar-refractivity contribution in [1.82, 2.24) is 14.5 Å². The molecule has 0 atom stereocenters. The van der Waals surface area contributed by atoms with E-state index in [1.165, 1.54) is 4.68 Å². The van der Waals surface area contributed by atoms with Crippen molar-refractivity contribution in [2.75, 3.05) is 0 Å². The third-order valence-corrected chi connectivity index (χ3v) is 4.23. The Labute approximate surface area is 95.9 Å². The van der Waals surface area contributed by atoms with Crippen molar-refractivity contribution in [3.63, 3.8) is 0 Å². The van der Waals surface area contributed by atoms with Gasteiger partial charge in [-0.15, -0.1) is 0 Å². The van der Waals surface area contributed by atoms with Gasteiger partial charge in [-0.25, -0.2) is 13.1 Å². The van der Waals surface area contributed by atoms with Gasteiger partial charge in [0.25, 0.3) is 10.0 Å². The Balaban J connectivity index is 2.32. The molecule has 1 N–H and O–H groups in total. The minimum Gasteiger partial charge on any atom is -0.256 e. The molecule has 0 spiro atoms. The Morgan fingerprint density at radius 2 is 2.12 bits per heavy atom. The molecule has 1 saturated carbocycles. The summed E-state index contributed by atoms with van der Waals surface area (Å²) < 4.78 is 27.9. The van der Waals surface area contributed by atoms with Gasteiger partial charge in [0, 0.05) is 25.1 Å². The van der Waals surface area contributed by atoms with Crippen LogP contribution in [0.25, 0.3) is 0 Å². The van der Waals surface area contributed by atoms with E-state index in [0.717, 1.165) is 18.5 Å². The van der Waals surface area contributed by atoms with Crippen LogP contribution in [0.2, 0.25) is 0 Å². The molecule has 1 aromatic heterocycles. The molecule has 0 bridgehead atoms. The number of aryl methyl sites for hydroxylation is 1. The molecule has 1 heterocycles. The molecule has 1 aliphatic rings. The molecule has 0 unspecified atom stereocenters. The molecule has 5 nitrogen and oxygen atoms in total. The van der Waals surface area contributed by atoms with Crippen LogP contribution in [0.4, 0.5) is 0 Å². The first-order valence-corrected chi connectivity index (χ1v) is 6.95. The lowest BCUT2D eigenvalue weighted by atomic mass is 10.3. The molecule has 0 aromatic carbocycles. The van der Waals surface area contributed by atoms with Crippen LogP contribution in [0, 0.1) is 0 Å². The number of nitrogens with one attached hydrogen (secondary N) is 1. The number of hydrogen-bond acceptors (Lipinski definition) is 3. The van der Waals surface area contributed by atoms with Gasteiger partial charge in [0.15, 0.2) is 5.03 Å². The summed E-state index contributed by atoms with van der Waals surface area (Å²) in [5, 5.41) is 4.50. The Morgan fingerprint density at radius 3 is 2.62 bits per heavy atom. The van der Waals surface area contributed by atoms with Gasteiger partial charge in [0.1, 0.15) is 0 Å². The van der Waals surface area contributed by atoms with E-state index < -0.39 is 10.0 Å². The second-order valence-corrected chi connectivity index (χ2v) is 6.24. The summed E-state index contributed by atoms with van der Waals surface area (Å²) in [4.78, 5) is 0. The highest BCUT2D eigenvalue weighted by molar-refractivity contribution is 7.89. The molecule has 1 aromatic rings. The van der Waals surface area contributed by atoms with Gasteiger partial charge in [-0.05, 0) is 26.7 Å². The summed E-state index contributed by atoms with van der Waals surface area (Å²) in [5.41, 5.74) is 0.895. The predicted molar refractivity (Wildman–Crippen MR) is 60.6 cm³/mol. The number of rotatable bonds is 4. The predicted octanol–water partition coefficient (Wildman–Crippen LogP) is 0.984. The second kappa shape index (κ2) is 3.85. The van der Waals surface area contributed by atoms with Crippen molar-refractivity contribution in [2.24, 2.45) is 7.05 Å². The van der Waals surface area contributed by atoms with Crippen molar-refractivity contribution in [2.45, 2.75) is 43.7 Å². The van der Waals surface area contributed by atoms with Crippen LogP contribution in [-0.4, -0.2) is 24.2 Å². The van der Waals surface area contributed by atoms with Crippen molar-refractivity contribution < 1.29 is 8.42 Å². The van der Waals surface area contributed by atoms with Gasteiger partial charge in [0.2, 0.25) is 0 Å². The minimum absolute atomic E-state index is 0.107. The first-order valence-electron chi connectivity index (χ1n) is 5.46. The lowest BCUT2D eigenvalue weighted by molar-refractivity contribution is 0.552. The SMILES string of the molecule is CC(C)NS(=O)(=O)c1cc(C2CC2)nn1C. The van der Waals surface area contributed by atoms with Gasteiger partial charge in [-0.3, -0.25) is 4.68 Å². The van der Waals surface area contributed by atoms with Gasteiger partial charge in [-0.1, -0.05) is 0 Å². The van der Waals surface area contributed by atoms with Crippen LogP contribution < -0.4 is 4.72 Å². The molecule has 16 heavy (non-hydrogen) atoms. The van der Waals surface area contributed by atoms with Crippen molar-refractivity contribution in [3.8, 4) is 0 Å². The third kappa shape index (κ3) is 2.27. The fourth-order valence-electron chi connectivity index (χ4n) is 1.67. The second-order valence-electron chi connectivity index (χ2n) is 4.58. The van der Waals surface area contributed by atoms with Crippen LogP contribution in [0.3, 0.4) is 0 Å². The summed E-state index contributed by atoms with van der Waals surface area (Å²) in [6.45, 7) is 3.60. The number of hydrogen-bond donors (Lipinski definition) is 1. The zero-order valence-corrected chi connectivity index (χ0v) is 10.6. The highest BCUT2D eigenvalue weighted by Gasteiger charge is 2.29. The first kappa shape index (κ1) is 11.6. The third-order valence-electron chi connectivity index (χ3n) is 2.52. The van der Waals surface area contributed by atoms with E-state index in [2.05, 4.69) is 9.82 Å². The van der Waals surface area contributed by atoms with Gasteiger partial charge in [0.05, 0.1) is 5.69 Å². The van der Waals surface area contributed by atoms with Crippen molar-refractivity contribution in [3.05, 3.63) is 11.8 Å². The average Bonchev–Trinajstić information content (AvgIpc) is 2.87. The van der Waals surface area contributed by atoms with E-state index in [4.69, 9.17) is 0 Å². The Kier molecular flexibility index (Phi) is 2.79. The Bertz CT molecular complexity index is 486. The minimum atomic E-state index is -3.42. The van der Waals surface area contributed by atoms with Gasteiger partial charge >= 0.3 is 0 Å². The molecule has 1 fully saturated rings. The summed E-state index contributed by atoms with van der Waals surface area (Å²) in [7, 11) is -1.76. The standard InChI is InChI=1S/C10H17N3O2S/c1-7(2)12-16(14,15)10-6-9(8-4-5-8)11-13(10)3/h6-8,12H,4-5H2,1-3H3. The summed E-state index contributed by atoms with van der Waals surface area (Å²) in [6, 6.07) is 1.58. The molecule has 2 rings (SSSR count). The van der Waals surface area contributed by atoms with E-state index in [1.807, 2.05) is 0 Å². The maximum absolute atomic E-state index is 11.9. The molecule has 0 radical (unpaired) electrons. The quantitative estimate of drug-likeness (QED) is 0.857. The first-order chi connectivity index (χ1) is 7.40. The van der Waals surface area contributed by atoms with Crippen molar-refractivity contribution >= 4 is 10.0 Å². The number of sulfonamides is 1. The molecule has 6 heteroatoms. The molecular weight excluding hydrogens is 226 g/mol. The highest BCUT2D eigenvalue weighted by Crippen LogP contribution is 2.39. The number of nitrogens with zero attached hydrogens (tertiary/aromatic N) is 2. The van der Waals surface area contributed by atoms with E-state index >= 15 is 0 Å². The molecule has 1 aliphatic carbocycles. The largest absolute Gasteiger partial charge is 0.257 e. The van der Waals surface area contributed by atoms with Gasteiger partial charge < -0.3 is 0 Å². The summed E-state index contributed by atoms with van der Waals surface area (Å²) in [6.07, 6.45) is 2.24. The van der Waals surface area contributed by atoms with Crippen LogP contribution in [0.1, 0.15) is 38.3 Å². The molecule has 0 amide bonds. The maximum atomic E-state index is 11.9. The smallest absolute Gasteiger partial charge is 0.256 e. The van der Waals surface area contributed by atoms with E-state index in [1.54, 1.807) is 27.0 Å². The van der Waals surface area contributed by atoms with Crippen molar-refractivity contribution in [1.29, 1.82) is 0 Å². The van der Waals surface area contributed by atoms with E-state index in [0.29, 0.717) is 5.92 Å². The fraction of sp³-hybridized carbons (Fsp3) is 0.700. The van der Waals surface area contributed by atoms with Crippen LogP contribution in [0.5, 0.6) is 0 Å². The van der Waals surface area contributed by atoms with E-state index in [-0.39, 0.29) is 11.1 Å². The Hall–Kier alpha value is -0.880. The molecule has 90 valence electrons. The topological polar surface area (TPSA) is 64.0 Å². The monoisotopic (exact) mass is 243 g/mol. The van der Waals surface area contributed by atoms with Crippen LogP contribution in [0.15, 0.2) is 11.1 Å². The lowest BCUT2D eigenvalue weighted by Crippen LogP contribution is -2.31. The zero-order chi connectivity index (χ0) is 11.9. The highest BCUT2D eigenvalue weighted by atomic mass is 32.2. The van der Waals surface area contributed by atoms with Gasteiger partial charge in [-0.2, -0.15) is 5.10 Å². The zero-order valence-electron chi connectivity index (χ0n) is 9.77. The normalized spacial score (nSPS) is 17.0. The summed E-state index contributed by atoms with van der Waals surface area (Å²) in [5.74, 6) is 0.467.